The van der Waals surface area contributed by atoms with E-state index < -0.39 is 9.84 Å². The summed E-state index contributed by atoms with van der Waals surface area (Å²) in [6, 6.07) is 6.15. The topological polar surface area (TPSA) is 98.5 Å². The minimum Gasteiger partial charge on any atom is -0.493 e. The molecule has 0 aliphatic heterocycles. The van der Waals surface area contributed by atoms with Crippen LogP contribution >= 0.6 is 12.4 Å². The van der Waals surface area contributed by atoms with Crippen molar-refractivity contribution >= 4 is 28.2 Å². The minimum absolute atomic E-state index is 0. The molecule has 1 saturated carbocycles. The Morgan fingerprint density at radius 2 is 1.92 bits per heavy atom. The summed E-state index contributed by atoms with van der Waals surface area (Å²) in [4.78, 5) is 12.2. The molecule has 1 fully saturated rings. The zero-order chi connectivity index (χ0) is 17.1. The van der Waals surface area contributed by atoms with E-state index in [1.54, 1.807) is 12.1 Å². The predicted octanol–water partition coefficient (Wildman–Crippen LogP) is 1.52. The van der Waals surface area contributed by atoms with Gasteiger partial charge in [-0.05, 0) is 49.9 Å². The number of halogens is 1. The number of hydrogen-bond acceptors (Lipinski definition) is 5. The summed E-state index contributed by atoms with van der Waals surface area (Å²) < 4.78 is 28.2. The third-order valence-corrected chi connectivity index (χ3v) is 5.31. The number of carbonyl (C=O) groups excluding carboxylic acids is 1. The molecule has 3 N–H and O–H groups in total. The lowest BCUT2D eigenvalue weighted by Gasteiger charge is -2.29. The van der Waals surface area contributed by atoms with Gasteiger partial charge >= 0.3 is 0 Å². The van der Waals surface area contributed by atoms with Crippen LogP contribution in [0, 0.1) is 5.92 Å². The molecule has 1 aliphatic carbocycles. The summed E-state index contributed by atoms with van der Waals surface area (Å²) in [6.07, 6.45) is 3.60. The van der Waals surface area contributed by atoms with E-state index in [0.29, 0.717) is 18.2 Å². The lowest BCUT2D eigenvalue weighted by atomic mass is 9.96. The van der Waals surface area contributed by atoms with Crippen molar-refractivity contribution in [3.8, 4) is 5.75 Å². The molecule has 1 aliphatic rings. The molecule has 24 heavy (non-hydrogen) atoms. The number of amides is 1. The van der Waals surface area contributed by atoms with Crippen LogP contribution in [0.3, 0.4) is 0 Å². The summed E-state index contributed by atoms with van der Waals surface area (Å²) in [5.74, 6) is 0.924. The average Bonchev–Trinajstić information content (AvgIpc) is 3.31. The van der Waals surface area contributed by atoms with Gasteiger partial charge in [-0.15, -0.1) is 12.4 Å². The van der Waals surface area contributed by atoms with Gasteiger partial charge in [0, 0.05) is 12.8 Å². The highest BCUT2D eigenvalue weighted by molar-refractivity contribution is 7.90. The standard InChI is InChI=1S/C16H24N2O4S.ClH/c1-16(11-17,12-3-4-12)18-15(19)9-10-22-13-5-7-14(8-6-13)23(2,20)21;/h5-8,12H,3-4,9-11,17H2,1-2H3,(H,18,19);1H. The zero-order valence-electron chi connectivity index (χ0n) is 13.9. The van der Waals surface area contributed by atoms with Gasteiger partial charge in [0.15, 0.2) is 9.84 Å². The van der Waals surface area contributed by atoms with Crippen molar-refractivity contribution < 1.29 is 17.9 Å². The Bertz CT molecular complexity index is 659. The van der Waals surface area contributed by atoms with E-state index in [1.807, 2.05) is 6.92 Å². The highest BCUT2D eigenvalue weighted by atomic mass is 35.5. The summed E-state index contributed by atoms with van der Waals surface area (Å²) in [5, 5.41) is 3.00. The monoisotopic (exact) mass is 376 g/mol. The summed E-state index contributed by atoms with van der Waals surface area (Å²) >= 11 is 0. The van der Waals surface area contributed by atoms with Crippen LogP contribution in [0.25, 0.3) is 0 Å². The van der Waals surface area contributed by atoms with Gasteiger partial charge in [0.25, 0.3) is 0 Å². The van der Waals surface area contributed by atoms with E-state index in [2.05, 4.69) is 5.32 Å². The lowest BCUT2D eigenvalue weighted by Crippen LogP contribution is -2.53. The first-order valence-electron chi connectivity index (χ1n) is 7.68. The largest absolute Gasteiger partial charge is 0.493 e. The third-order valence-electron chi connectivity index (χ3n) is 4.18. The Morgan fingerprint density at radius 3 is 2.38 bits per heavy atom. The second-order valence-electron chi connectivity index (χ2n) is 6.29. The SMILES string of the molecule is CC(CN)(NC(=O)CCOc1ccc(S(C)(=O)=O)cc1)C1CC1.Cl. The molecule has 1 aromatic rings. The van der Waals surface area contributed by atoms with Crippen molar-refractivity contribution in [2.45, 2.75) is 36.6 Å². The van der Waals surface area contributed by atoms with Crippen LogP contribution in [0.5, 0.6) is 5.75 Å². The second-order valence-corrected chi connectivity index (χ2v) is 8.30. The molecule has 0 spiro atoms. The molecule has 1 atom stereocenters. The van der Waals surface area contributed by atoms with Crippen LogP contribution in [-0.4, -0.2) is 39.3 Å². The molecule has 2 rings (SSSR count). The van der Waals surface area contributed by atoms with E-state index in [9.17, 15) is 13.2 Å². The normalized spacial score (nSPS) is 16.6. The van der Waals surface area contributed by atoms with Gasteiger partial charge in [0.1, 0.15) is 5.75 Å². The van der Waals surface area contributed by atoms with E-state index in [4.69, 9.17) is 10.5 Å². The molecule has 0 heterocycles. The maximum absolute atomic E-state index is 12.0. The van der Waals surface area contributed by atoms with Gasteiger partial charge in [-0.2, -0.15) is 0 Å². The van der Waals surface area contributed by atoms with Gasteiger partial charge in [0.2, 0.25) is 5.91 Å². The minimum atomic E-state index is -3.21. The maximum Gasteiger partial charge on any atom is 0.223 e. The fourth-order valence-electron chi connectivity index (χ4n) is 2.47. The third kappa shape index (κ3) is 5.65. The number of carbonyl (C=O) groups is 1. The number of rotatable bonds is 8. The van der Waals surface area contributed by atoms with E-state index in [1.165, 1.54) is 12.1 Å². The Morgan fingerprint density at radius 1 is 1.33 bits per heavy atom. The van der Waals surface area contributed by atoms with Crippen molar-refractivity contribution in [2.24, 2.45) is 11.7 Å². The van der Waals surface area contributed by atoms with Crippen molar-refractivity contribution in [2.75, 3.05) is 19.4 Å². The number of nitrogens with two attached hydrogens (primary N) is 1. The van der Waals surface area contributed by atoms with Crippen molar-refractivity contribution in [1.82, 2.24) is 5.32 Å². The first-order valence-corrected chi connectivity index (χ1v) is 9.58. The molecule has 0 saturated heterocycles. The molecule has 6 nitrogen and oxygen atoms in total. The first kappa shape index (κ1) is 20.7. The molecule has 1 amide bonds. The molecule has 1 aromatic carbocycles. The van der Waals surface area contributed by atoms with E-state index >= 15 is 0 Å². The molecular formula is C16H25ClN2O4S. The molecule has 136 valence electrons. The quantitative estimate of drug-likeness (QED) is 0.716. The van der Waals surface area contributed by atoms with Crippen LogP contribution < -0.4 is 15.8 Å². The number of hydrogen-bond donors (Lipinski definition) is 2. The number of benzene rings is 1. The Labute approximate surface area is 149 Å². The first-order chi connectivity index (χ1) is 10.7. The fourth-order valence-corrected chi connectivity index (χ4v) is 3.10. The highest BCUT2D eigenvalue weighted by Crippen LogP contribution is 2.38. The van der Waals surface area contributed by atoms with Gasteiger partial charge in [-0.1, -0.05) is 0 Å². The van der Waals surface area contributed by atoms with Gasteiger partial charge in [0.05, 0.1) is 23.5 Å². The Kier molecular flexibility index (Phi) is 7.07. The maximum atomic E-state index is 12.0. The highest BCUT2D eigenvalue weighted by Gasteiger charge is 2.41. The van der Waals surface area contributed by atoms with Crippen molar-refractivity contribution in [1.29, 1.82) is 0 Å². The lowest BCUT2D eigenvalue weighted by molar-refractivity contribution is -0.123. The van der Waals surface area contributed by atoms with Crippen LogP contribution in [0.4, 0.5) is 0 Å². The van der Waals surface area contributed by atoms with E-state index in [0.717, 1.165) is 19.1 Å². The molecular weight excluding hydrogens is 352 g/mol. The summed E-state index contributed by atoms with van der Waals surface area (Å²) in [6.45, 7) is 2.64. The molecule has 0 radical (unpaired) electrons. The molecule has 0 bridgehead atoms. The molecule has 1 unspecified atom stereocenters. The molecule has 8 heteroatoms. The number of ether oxygens (including phenoxy) is 1. The smallest absolute Gasteiger partial charge is 0.223 e. The van der Waals surface area contributed by atoms with Gasteiger partial charge in [-0.3, -0.25) is 4.79 Å². The van der Waals surface area contributed by atoms with Crippen molar-refractivity contribution in [3.05, 3.63) is 24.3 Å². The predicted molar refractivity (Wildman–Crippen MR) is 95.2 cm³/mol. The van der Waals surface area contributed by atoms with Crippen LogP contribution in [0.15, 0.2) is 29.2 Å². The van der Waals surface area contributed by atoms with Crippen molar-refractivity contribution in [3.63, 3.8) is 0 Å². The van der Waals surface area contributed by atoms with Crippen LogP contribution in [-0.2, 0) is 14.6 Å². The van der Waals surface area contributed by atoms with Gasteiger partial charge < -0.3 is 15.8 Å². The second kappa shape index (κ2) is 8.18. The summed E-state index contributed by atoms with van der Waals surface area (Å²) in [7, 11) is -3.21. The Hall–Kier alpha value is -1.31. The fraction of sp³-hybridized carbons (Fsp3) is 0.562. The summed E-state index contributed by atoms with van der Waals surface area (Å²) in [5.41, 5.74) is 5.44. The number of sulfone groups is 1. The Balaban J connectivity index is 0.00000288. The van der Waals surface area contributed by atoms with Crippen LogP contribution in [0.1, 0.15) is 26.2 Å². The average molecular weight is 377 g/mol. The van der Waals surface area contributed by atoms with Crippen LogP contribution in [0.2, 0.25) is 0 Å². The number of nitrogens with one attached hydrogen (secondary N) is 1. The van der Waals surface area contributed by atoms with E-state index in [-0.39, 0.29) is 41.8 Å². The van der Waals surface area contributed by atoms with Gasteiger partial charge in [-0.25, -0.2) is 8.42 Å². The zero-order valence-corrected chi connectivity index (χ0v) is 15.6. The molecule has 0 aromatic heterocycles.